The van der Waals surface area contributed by atoms with E-state index in [1.165, 1.54) is 27.1 Å². The summed E-state index contributed by atoms with van der Waals surface area (Å²) >= 11 is 17.5. The smallest absolute Gasteiger partial charge is 0.312 e. The molecule has 2 amide bonds. The SMILES string of the molecule is C=C[C@@H]1CC1(CC(=O)[C@@H]1C[C@@H](Oc2cc(-c3csc(CC(C)C)n3)nc3c(Cl)c(OCCN4CCN(C)CC4)ccc23)CN1C(=O)[C@@H](CC(=O)OC1C[C@@H]2C[C@@H]2C1)C(C)(C)C)C(=O)OC.C=C[C@@H]1CC1(CC(=O)[C@@H]1C[C@@H](Oc2cc(-c3csc(CC(C)C)n3)nc3c(Cl)c(OCCN4CCNCC4)ccc23)CN1C(=O)[C@@H](CC(=O)OC1C[C@@H]2C[C@@H]2C1)C(C)(C)C)C(=O)OC. The molecule has 2 aromatic carbocycles. The van der Waals surface area contributed by atoms with E-state index in [9.17, 15) is 38.4 Å². The molecule has 10 fully saturated rings. The van der Waals surface area contributed by atoms with Crippen molar-refractivity contribution >= 4 is 115 Å². The van der Waals surface area contributed by atoms with E-state index >= 15 is 0 Å². The molecule has 4 saturated heterocycles. The molecule has 6 saturated carbocycles. The molecule has 4 aromatic heterocycles. The number of amides is 2. The van der Waals surface area contributed by atoms with E-state index in [0.29, 0.717) is 139 Å². The Bertz CT molecular complexity index is 5150. The van der Waals surface area contributed by atoms with Gasteiger partial charge in [0.05, 0.1) is 119 Å². The number of esters is 4. The van der Waals surface area contributed by atoms with Crippen molar-refractivity contribution in [2.75, 3.05) is 113 Å². The average molecular weight is 1850 g/mol. The van der Waals surface area contributed by atoms with Gasteiger partial charge in [-0.3, -0.25) is 48.2 Å². The van der Waals surface area contributed by atoms with Crippen LogP contribution in [-0.2, 0) is 70.1 Å². The largest absolute Gasteiger partial charge is 0.491 e. The summed E-state index contributed by atoms with van der Waals surface area (Å²) < 4.78 is 48.7. The Morgan fingerprint density at radius 3 is 1.29 bits per heavy atom. The van der Waals surface area contributed by atoms with E-state index in [-0.39, 0.29) is 99.0 Å². The lowest BCUT2D eigenvalue weighted by atomic mass is 9.77. The van der Waals surface area contributed by atoms with Crippen LogP contribution >= 0.6 is 45.9 Å². The molecule has 4 unspecified atom stereocenters. The number of benzene rings is 2. The molecule has 8 heterocycles. The molecule has 129 heavy (non-hydrogen) atoms. The molecule has 6 aliphatic carbocycles. The number of likely N-dealkylation sites (N-methyl/N-ethyl adjacent to an activating group) is 1. The van der Waals surface area contributed by atoms with Crippen LogP contribution in [0.4, 0.5) is 0 Å². The number of carbonyl (C=O) groups is 8. The molecule has 16 rings (SSSR count). The van der Waals surface area contributed by atoms with Crippen molar-refractivity contribution in [1.29, 1.82) is 0 Å². The first kappa shape index (κ1) is 95.4. The zero-order chi connectivity index (χ0) is 91.9. The van der Waals surface area contributed by atoms with Gasteiger partial charge in [-0.05, 0) is 141 Å². The molecule has 26 nitrogen and oxygen atoms in total. The Morgan fingerprint density at radius 2 is 0.922 bits per heavy atom. The Labute approximate surface area is 776 Å². The first-order chi connectivity index (χ1) is 61.5. The summed E-state index contributed by atoms with van der Waals surface area (Å²) in [6.07, 6.45) is 10.2. The lowest BCUT2D eigenvalue weighted by molar-refractivity contribution is -0.157. The van der Waals surface area contributed by atoms with E-state index in [2.05, 4.69) is 67.9 Å². The number of rotatable bonds is 36. The van der Waals surface area contributed by atoms with E-state index in [4.69, 9.17) is 81.0 Å². The summed E-state index contributed by atoms with van der Waals surface area (Å²) in [5.41, 5.74) is 0.153. The minimum atomic E-state index is -1.03. The predicted molar refractivity (Wildman–Crippen MR) is 497 cm³/mol. The number of Topliss-reactive ketones (excluding diaryl/α,β-unsaturated/α-hetero) is 2. The number of nitrogens with zero attached hydrogens (tertiary/aromatic N) is 9. The van der Waals surface area contributed by atoms with Crippen molar-refractivity contribution in [1.82, 2.24) is 49.8 Å². The quantitative estimate of drug-likeness (QED) is 0.0217. The molecule has 698 valence electrons. The third kappa shape index (κ3) is 22.2. The van der Waals surface area contributed by atoms with E-state index in [1.807, 2.05) is 88.7 Å². The number of pyridine rings is 2. The second kappa shape index (κ2) is 39.9. The van der Waals surface area contributed by atoms with E-state index in [0.717, 1.165) is 114 Å². The number of hydrogen-bond donors (Lipinski definition) is 1. The number of fused-ring (bicyclic) bond motifs is 4. The van der Waals surface area contributed by atoms with Gasteiger partial charge < -0.3 is 57.9 Å². The van der Waals surface area contributed by atoms with Crippen molar-refractivity contribution < 1.29 is 76.3 Å². The fraction of sp³-hybridized carbons (Fsp3) is 0.636. The first-order valence-corrected chi connectivity index (χ1v) is 49.1. The number of methoxy groups -OCH3 is 2. The van der Waals surface area contributed by atoms with Crippen LogP contribution in [0.3, 0.4) is 0 Å². The van der Waals surface area contributed by atoms with Crippen LogP contribution in [0, 0.1) is 80.8 Å². The summed E-state index contributed by atoms with van der Waals surface area (Å²) in [5.74, 6) is 0.517. The van der Waals surface area contributed by atoms with Gasteiger partial charge in [-0.15, -0.1) is 35.8 Å². The number of nitrogens with one attached hydrogen (secondary N) is 1. The number of ether oxygens (including phenoxy) is 8. The van der Waals surface area contributed by atoms with Crippen LogP contribution in [0.15, 0.2) is 72.5 Å². The first-order valence-electron chi connectivity index (χ1n) is 46.6. The molecule has 30 heteroatoms. The second-order valence-corrected chi connectivity index (χ2v) is 43.6. The molecule has 16 atom stereocenters. The number of likely N-dealkylation sites (tertiary alicyclic amines) is 2. The highest BCUT2D eigenvalue weighted by Crippen LogP contribution is 2.60. The van der Waals surface area contributed by atoms with Crippen LogP contribution < -0.4 is 24.3 Å². The molecule has 10 aliphatic rings. The van der Waals surface area contributed by atoms with Gasteiger partial charge in [-0.25, -0.2) is 19.9 Å². The van der Waals surface area contributed by atoms with Gasteiger partial charge in [0.2, 0.25) is 11.8 Å². The zero-order valence-electron chi connectivity index (χ0n) is 77.3. The van der Waals surface area contributed by atoms with Crippen molar-refractivity contribution in [3.8, 4) is 45.8 Å². The lowest BCUT2D eigenvalue weighted by Crippen LogP contribution is -2.48. The zero-order valence-corrected chi connectivity index (χ0v) is 80.4. The number of hydrogen-bond acceptors (Lipinski definition) is 26. The van der Waals surface area contributed by atoms with E-state index in [1.54, 1.807) is 44.6 Å². The summed E-state index contributed by atoms with van der Waals surface area (Å²) in [5, 5.41) is 11.3. The molecule has 4 aliphatic heterocycles. The molecule has 0 spiro atoms. The Hall–Kier alpha value is -8.22. The summed E-state index contributed by atoms with van der Waals surface area (Å²) in [4.78, 5) is 143. The van der Waals surface area contributed by atoms with Crippen molar-refractivity contribution in [2.45, 2.75) is 208 Å². The van der Waals surface area contributed by atoms with Gasteiger partial charge in [0.1, 0.15) is 70.7 Å². The predicted octanol–water partition coefficient (Wildman–Crippen LogP) is 15.5. The molecule has 0 bridgehead atoms. The fourth-order valence-corrected chi connectivity index (χ4v) is 23.0. The highest BCUT2D eigenvalue weighted by Gasteiger charge is 2.63. The monoisotopic (exact) mass is 1850 g/mol. The van der Waals surface area contributed by atoms with Gasteiger partial charge in [-0.2, -0.15) is 0 Å². The maximum Gasteiger partial charge on any atom is 0.312 e. The fourth-order valence-electron chi connectivity index (χ4n) is 20.4. The molecule has 1 N–H and O–H groups in total. The van der Waals surface area contributed by atoms with Crippen LogP contribution in [0.5, 0.6) is 23.0 Å². The minimum Gasteiger partial charge on any atom is -0.491 e. The Balaban J connectivity index is 0.000000198. The summed E-state index contributed by atoms with van der Waals surface area (Å²) in [6.45, 7) is 38.4. The number of allylic oxidation sites excluding steroid dienone is 2. The number of thiazole rings is 2. The Morgan fingerprint density at radius 1 is 0.527 bits per heavy atom. The van der Waals surface area contributed by atoms with Crippen molar-refractivity contribution in [3.05, 3.63) is 92.5 Å². The van der Waals surface area contributed by atoms with Crippen molar-refractivity contribution in [2.24, 2.45) is 80.8 Å². The molecule has 0 radical (unpaired) electrons. The maximum absolute atomic E-state index is 15.0. The summed E-state index contributed by atoms with van der Waals surface area (Å²) in [6, 6.07) is 9.31. The molecule has 6 aromatic rings. The summed E-state index contributed by atoms with van der Waals surface area (Å²) in [7, 11) is 4.78. The van der Waals surface area contributed by atoms with Gasteiger partial charge >= 0.3 is 23.9 Å². The van der Waals surface area contributed by atoms with Gasteiger partial charge in [0.25, 0.3) is 0 Å². The number of halogens is 2. The normalized spacial score (nSPS) is 27.0. The van der Waals surface area contributed by atoms with Gasteiger partial charge in [-0.1, -0.05) is 105 Å². The molecular formula is C99H130Cl2N10O16S2. The highest BCUT2D eigenvalue weighted by molar-refractivity contribution is 7.10. The average Bonchev–Trinajstić information content (AvgIpc) is 1.61. The Kier molecular flexibility index (Phi) is 29.5. The number of piperazine rings is 2. The number of carbonyl (C=O) groups excluding carboxylic acids is 8. The number of aromatic nitrogens is 4. The van der Waals surface area contributed by atoms with Gasteiger partial charge in [0, 0.05) is 138 Å². The van der Waals surface area contributed by atoms with Gasteiger partial charge in [0.15, 0.2) is 11.6 Å². The third-order valence-electron chi connectivity index (χ3n) is 28.5. The van der Waals surface area contributed by atoms with Crippen LogP contribution in [-0.4, -0.2) is 241 Å². The third-order valence-corrected chi connectivity index (χ3v) is 30.9. The van der Waals surface area contributed by atoms with Crippen LogP contribution in [0.2, 0.25) is 10.0 Å². The maximum atomic E-state index is 15.0. The highest BCUT2D eigenvalue weighted by atomic mass is 35.5. The molecular weight excluding hydrogens is 1720 g/mol. The van der Waals surface area contributed by atoms with Crippen LogP contribution in [0.25, 0.3) is 44.6 Å². The van der Waals surface area contributed by atoms with Crippen LogP contribution in [0.1, 0.15) is 169 Å². The lowest BCUT2D eigenvalue weighted by Gasteiger charge is -2.35. The number of ketones is 2. The topological polar surface area (TPSA) is 290 Å². The van der Waals surface area contributed by atoms with E-state index < -0.39 is 81.7 Å². The van der Waals surface area contributed by atoms with Crippen molar-refractivity contribution in [3.63, 3.8) is 0 Å². The standard InChI is InChI=1S/C50H66ClN5O8S.C49H64ClN5O8S/c1-9-32-25-50(32,48(60)61-8)26-40(57)39-22-34(27-56(39)47(59)36(49(4,5)6)23-44(58)64-33-20-30-19-31(30)21-33)63-42-24-37(38-28-65-43(52-38)18-29(2)3)53-46-35(42)10-11-41(45(46)51)62-17-16-55-14-12-54(7)13-15-55;1-8-31-24-49(31,47(59)60-7)25-39(56)38-21-33(26-55(38)46(58)35(48(4,5)6)22-43(57)63-32-19-29-18-30(29)20-32)62-41-23-36(37-27-64-42(52-37)17-28(2)3)53-45-34(41)9-10-40(44(45)50)61-16-15-54-13-11-51-12-14-54/h9-11,24,28-34,36,39H,1,12-23,25-27H2,2-8H3;8-10,23,27-33,35,38,51H,1,11-22,24-26H2,2-7H3/t30-,31+,32-,33?,34-,36-,39+,50?;29-,30+,31-,32?,33-,35-,38+,49?/m11/s1. The minimum absolute atomic E-state index is 0.0777. The second-order valence-electron chi connectivity index (χ2n) is 41.0.